The normalized spacial score (nSPS) is 12.0. The third-order valence-corrected chi connectivity index (χ3v) is 3.07. The van der Waals surface area contributed by atoms with E-state index in [1.165, 1.54) is 0 Å². The Morgan fingerprint density at radius 2 is 1.60 bits per heavy atom. The van der Waals surface area contributed by atoms with Crippen LogP contribution in [-0.4, -0.2) is 20.2 Å². The quantitative estimate of drug-likeness (QED) is 0.678. The van der Waals surface area contributed by atoms with Crippen LogP contribution in [0.1, 0.15) is 11.6 Å². The van der Waals surface area contributed by atoms with E-state index >= 15 is 0 Å². The van der Waals surface area contributed by atoms with Crippen LogP contribution in [0, 0.1) is 0 Å². The summed E-state index contributed by atoms with van der Waals surface area (Å²) in [6.45, 7) is 3.87. The standard InChI is InChI=1S/C16H14N4/c1-2-15(13-9-5-3-6-10-13)20-18-16(17-19-20)14-11-7-4-8-12-14/h2-12,15H,1H2. The minimum Gasteiger partial charge on any atom is -0.152 e. The highest BCUT2D eigenvalue weighted by molar-refractivity contribution is 5.53. The lowest BCUT2D eigenvalue weighted by atomic mass is 10.1. The number of tetrazole rings is 1. The van der Waals surface area contributed by atoms with E-state index < -0.39 is 0 Å². The average molecular weight is 262 g/mol. The number of allylic oxidation sites excluding steroid dienone is 1. The molecule has 4 nitrogen and oxygen atoms in total. The Bertz CT molecular complexity index is 689. The molecule has 0 saturated carbocycles. The molecule has 0 N–H and O–H groups in total. The molecule has 0 radical (unpaired) electrons. The van der Waals surface area contributed by atoms with E-state index in [9.17, 15) is 0 Å². The van der Waals surface area contributed by atoms with Crippen LogP contribution >= 0.6 is 0 Å². The van der Waals surface area contributed by atoms with Crippen LogP contribution in [0.15, 0.2) is 73.3 Å². The van der Waals surface area contributed by atoms with E-state index in [-0.39, 0.29) is 6.04 Å². The Morgan fingerprint density at radius 3 is 2.25 bits per heavy atom. The molecule has 4 heteroatoms. The second-order valence-corrected chi connectivity index (χ2v) is 4.39. The van der Waals surface area contributed by atoms with Crippen molar-refractivity contribution in [2.75, 3.05) is 0 Å². The van der Waals surface area contributed by atoms with Crippen molar-refractivity contribution in [1.82, 2.24) is 20.2 Å². The highest BCUT2D eigenvalue weighted by atomic mass is 15.6. The van der Waals surface area contributed by atoms with E-state index in [4.69, 9.17) is 0 Å². The zero-order chi connectivity index (χ0) is 13.8. The predicted octanol–water partition coefficient (Wildman–Crippen LogP) is 3.12. The summed E-state index contributed by atoms with van der Waals surface area (Å²) in [5.74, 6) is 0.619. The number of hydrogen-bond donors (Lipinski definition) is 0. The van der Waals surface area contributed by atoms with Gasteiger partial charge in [0.25, 0.3) is 0 Å². The first-order chi connectivity index (χ1) is 9.88. The summed E-state index contributed by atoms with van der Waals surface area (Å²) in [5, 5.41) is 12.7. The average Bonchev–Trinajstić information content (AvgIpc) is 3.00. The number of nitrogens with zero attached hydrogens (tertiary/aromatic N) is 4. The van der Waals surface area contributed by atoms with Crippen LogP contribution in [0.3, 0.4) is 0 Å². The fraction of sp³-hybridized carbons (Fsp3) is 0.0625. The minimum absolute atomic E-state index is 0.110. The van der Waals surface area contributed by atoms with Gasteiger partial charge in [0.2, 0.25) is 5.82 Å². The predicted molar refractivity (Wildman–Crippen MR) is 78.0 cm³/mol. The molecule has 0 spiro atoms. The van der Waals surface area contributed by atoms with Gasteiger partial charge < -0.3 is 0 Å². The lowest BCUT2D eigenvalue weighted by Gasteiger charge is -2.10. The maximum atomic E-state index is 4.45. The first-order valence-corrected chi connectivity index (χ1v) is 6.41. The molecule has 0 aliphatic carbocycles. The summed E-state index contributed by atoms with van der Waals surface area (Å²) >= 11 is 0. The van der Waals surface area contributed by atoms with Crippen LogP contribution in [0.4, 0.5) is 0 Å². The van der Waals surface area contributed by atoms with Crippen molar-refractivity contribution in [1.29, 1.82) is 0 Å². The lowest BCUT2D eigenvalue weighted by Crippen LogP contribution is -2.11. The summed E-state index contributed by atoms with van der Waals surface area (Å²) in [4.78, 5) is 1.59. The molecule has 0 fully saturated rings. The van der Waals surface area contributed by atoms with E-state index in [0.29, 0.717) is 5.82 Å². The summed E-state index contributed by atoms with van der Waals surface area (Å²) in [7, 11) is 0. The largest absolute Gasteiger partial charge is 0.204 e. The fourth-order valence-corrected chi connectivity index (χ4v) is 2.06. The van der Waals surface area contributed by atoms with Crippen LogP contribution in [0.5, 0.6) is 0 Å². The molecule has 1 atom stereocenters. The lowest BCUT2D eigenvalue weighted by molar-refractivity contribution is 0.517. The molecular formula is C16H14N4. The van der Waals surface area contributed by atoms with Crippen molar-refractivity contribution in [2.45, 2.75) is 6.04 Å². The van der Waals surface area contributed by atoms with E-state index in [1.54, 1.807) is 4.80 Å². The van der Waals surface area contributed by atoms with Crippen molar-refractivity contribution in [3.8, 4) is 11.4 Å². The van der Waals surface area contributed by atoms with Crippen molar-refractivity contribution in [2.24, 2.45) is 0 Å². The van der Waals surface area contributed by atoms with Crippen LogP contribution in [0.2, 0.25) is 0 Å². The van der Waals surface area contributed by atoms with Gasteiger partial charge in [-0.3, -0.25) is 0 Å². The monoisotopic (exact) mass is 262 g/mol. The number of hydrogen-bond acceptors (Lipinski definition) is 3. The van der Waals surface area contributed by atoms with Gasteiger partial charge in [0.05, 0.1) is 0 Å². The number of benzene rings is 2. The Labute approximate surface area is 117 Å². The maximum absolute atomic E-state index is 4.45. The molecule has 3 aromatic rings. The smallest absolute Gasteiger partial charge is 0.152 e. The van der Waals surface area contributed by atoms with Gasteiger partial charge in [-0.15, -0.1) is 16.8 Å². The minimum atomic E-state index is -0.110. The molecular weight excluding hydrogens is 248 g/mol. The highest BCUT2D eigenvalue weighted by Crippen LogP contribution is 2.19. The molecule has 0 bridgehead atoms. The summed E-state index contributed by atoms with van der Waals surface area (Å²) in [6.07, 6.45) is 1.81. The third kappa shape index (κ3) is 2.36. The summed E-state index contributed by atoms with van der Waals surface area (Å²) in [5.41, 5.74) is 2.04. The van der Waals surface area contributed by atoms with Gasteiger partial charge in [0, 0.05) is 5.56 Å². The SMILES string of the molecule is C=CC(c1ccccc1)n1nnc(-c2ccccc2)n1. The molecule has 1 heterocycles. The van der Waals surface area contributed by atoms with Gasteiger partial charge in [0.1, 0.15) is 6.04 Å². The van der Waals surface area contributed by atoms with Gasteiger partial charge in [0.15, 0.2) is 0 Å². The van der Waals surface area contributed by atoms with Crippen molar-refractivity contribution in [3.63, 3.8) is 0 Å². The molecule has 3 rings (SSSR count). The first-order valence-electron chi connectivity index (χ1n) is 6.41. The van der Waals surface area contributed by atoms with E-state index in [2.05, 4.69) is 22.0 Å². The Kier molecular flexibility index (Phi) is 3.37. The number of rotatable bonds is 4. The Hall–Kier alpha value is -2.75. The summed E-state index contributed by atoms with van der Waals surface area (Å²) < 4.78 is 0. The zero-order valence-corrected chi connectivity index (χ0v) is 10.9. The van der Waals surface area contributed by atoms with Crippen LogP contribution < -0.4 is 0 Å². The van der Waals surface area contributed by atoms with Gasteiger partial charge in [-0.25, -0.2) is 0 Å². The molecule has 0 aliphatic rings. The van der Waals surface area contributed by atoms with Gasteiger partial charge >= 0.3 is 0 Å². The second kappa shape index (κ2) is 5.48. The maximum Gasteiger partial charge on any atom is 0.204 e. The summed E-state index contributed by atoms with van der Waals surface area (Å²) in [6, 6.07) is 19.7. The van der Waals surface area contributed by atoms with E-state index in [1.807, 2.05) is 66.7 Å². The van der Waals surface area contributed by atoms with Crippen LogP contribution in [-0.2, 0) is 0 Å². The Morgan fingerprint density at radius 1 is 0.950 bits per heavy atom. The van der Waals surface area contributed by atoms with Gasteiger partial charge in [-0.1, -0.05) is 66.7 Å². The zero-order valence-electron chi connectivity index (χ0n) is 10.9. The number of aromatic nitrogens is 4. The molecule has 1 unspecified atom stereocenters. The molecule has 1 aromatic heterocycles. The third-order valence-electron chi connectivity index (χ3n) is 3.07. The van der Waals surface area contributed by atoms with Gasteiger partial charge in [-0.05, 0) is 10.8 Å². The van der Waals surface area contributed by atoms with Crippen molar-refractivity contribution >= 4 is 0 Å². The Balaban J connectivity index is 1.95. The second-order valence-electron chi connectivity index (χ2n) is 4.39. The molecule has 0 amide bonds. The van der Waals surface area contributed by atoms with Crippen LogP contribution in [0.25, 0.3) is 11.4 Å². The molecule has 20 heavy (non-hydrogen) atoms. The molecule has 0 saturated heterocycles. The highest BCUT2D eigenvalue weighted by Gasteiger charge is 2.14. The fourth-order valence-electron chi connectivity index (χ4n) is 2.06. The van der Waals surface area contributed by atoms with Gasteiger partial charge in [-0.2, -0.15) is 4.80 Å². The first kappa shape index (κ1) is 12.3. The van der Waals surface area contributed by atoms with Crippen molar-refractivity contribution in [3.05, 3.63) is 78.9 Å². The van der Waals surface area contributed by atoms with E-state index in [0.717, 1.165) is 11.1 Å². The van der Waals surface area contributed by atoms with Crippen molar-refractivity contribution < 1.29 is 0 Å². The molecule has 0 aliphatic heterocycles. The molecule has 2 aromatic carbocycles. The topological polar surface area (TPSA) is 43.6 Å². The molecule has 98 valence electrons.